The smallest absolute Gasteiger partial charge is 0.244 e. The molecule has 118 valence electrons. The summed E-state index contributed by atoms with van der Waals surface area (Å²) in [5.41, 5.74) is 3.76. The van der Waals surface area contributed by atoms with Crippen LogP contribution >= 0.6 is 11.6 Å². The van der Waals surface area contributed by atoms with Crippen LogP contribution in [0.3, 0.4) is 0 Å². The maximum atomic E-state index is 11.6. The van der Waals surface area contributed by atoms with Crippen LogP contribution in [0.2, 0.25) is 5.02 Å². The third kappa shape index (κ3) is 4.24. The van der Waals surface area contributed by atoms with Gasteiger partial charge in [0.2, 0.25) is 5.91 Å². The van der Waals surface area contributed by atoms with Crippen molar-refractivity contribution in [1.82, 2.24) is 15.1 Å². The summed E-state index contributed by atoms with van der Waals surface area (Å²) < 4.78 is 1.88. The minimum atomic E-state index is -0.222. The average Bonchev–Trinajstić information content (AvgIpc) is 2.79. The third-order valence-electron chi connectivity index (χ3n) is 3.48. The number of nitrogens with zero attached hydrogens (tertiary/aromatic N) is 2. The number of amides is 1. The molecule has 0 atom stereocenters. The average molecular weight is 328 g/mol. The molecule has 0 aliphatic carbocycles. The van der Waals surface area contributed by atoms with Gasteiger partial charge >= 0.3 is 0 Å². The van der Waals surface area contributed by atoms with Crippen LogP contribution in [0.25, 0.3) is 6.08 Å². The molecule has 0 fully saturated rings. The minimum Gasteiger partial charge on any atom is -0.342 e. The Morgan fingerprint density at radius 1 is 1.43 bits per heavy atom. The van der Waals surface area contributed by atoms with Crippen LogP contribution < -0.4 is 5.32 Å². The quantitative estimate of drug-likeness (QED) is 0.678. The molecule has 2 aromatic rings. The lowest BCUT2D eigenvalue weighted by Crippen LogP contribution is -2.20. The number of carbonyl (C=O) groups excluding carboxylic acids is 1. The fourth-order valence-electron chi connectivity index (χ4n) is 2.25. The summed E-state index contributed by atoms with van der Waals surface area (Å²) in [7, 11) is 0. The van der Waals surface area contributed by atoms with Crippen LogP contribution in [0.4, 0.5) is 0 Å². The Morgan fingerprint density at radius 3 is 2.87 bits per heavy atom. The van der Waals surface area contributed by atoms with E-state index < -0.39 is 0 Å². The Morgan fingerprint density at radius 2 is 2.17 bits per heavy atom. The molecule has 4 nitrogen and oxygen atoms in total. The minimum absolute atomic E-state index is 0.215. The number of hydrogen-bond acceptors (Lipinski definition) is 2. The van der Waals surface area contributed by atoms with Crippen LogP contribution in [0.1, 0.15) is 22.5 Å². The van der Waals surface area contributed by atoms with Crippen LogP contribution in [0, 0.1) is 26.2 Å². The van der Waals surface area contributed by atoms with E-state index in [-0.39, 0.29) is 12.5 Å². The van der Waals surface area contributed by atoms with E-state index in [4.69, 9.17) is 18.0 Å². The fourth-order valence-corrected chi connectivity index (χ4v) is 2.45. The molecule has 5 heteroatoms. The van der Waals surface area contributed by atoms with Gasteiger partial charge in [-0.25, -0.2) is 0 Å². The Balaban J connectivity index is 2.20. The summed E-state index contributed by atoms with van der Waals surface area (Å²) in [5, 5.41) is 7.83. The number of nitrogens with one attached hydrogen (secondary N) is 1. The molecular formula is C18H18ClN3O. The summed E-state index contributed by atoms with van der Waals surface area (Å²) in [6.07, 6.45) is 8.33. The fraction of sp³-hybridized carbons (Fsp3) is 0.222. The lowest BCUT2D eigenvalue weighted by molar-refractivity contribution is -0.116. The van der Waals surface area contributed by atoms with Gasteiger partial charge in [-0.1, -0.05) is 35.7 Å². The van der Waals surface area contributed by atoms with E-state index in [0.717, 1.165) is 22.5 Å². The van der Waals surface area contributed by atoms with Gasteiger partial charge in [0.05, 0.1) is 18.8 Å². The Kier molecular flexibility index (Phi) is 5.61. The summed E-state index contributed by atoms with van der Waals surface area (Å²) in [6.45, 7) is 4.68. The zero-order valence-corrected chi connectivity index (χ0v) is 13.9. The second-order valence-corrected chi connectivity index (χ2v) is 5.50. The standard InChI is InChI=1S/C18H18ClN3O/c1-4-11-20-18(23)10-9-16-13(2)21-22(14(16)3)12-15-7-5-6-8-17(15)19/h1,5-10H,11-12H2,2-3H3,(H,20,23)/b10-9+. The molecule has 0 aliphatic heterocycles. The van der Waals surface area contributed by atoms with Gasteiger partial charge in [0.1, 0.15) is 0 Å². The zero-order valence-electron chi connectivity index (χ0n) is 13.1. The molecule has 1 heterocycles. The summed E-state index contributed by atoms with van der Waals surface area (Å²) in [5.74, 6) is 2.14. The largest absolute Gasteiger partial charge is 0.342 e. The predicted molar refractivity (Wildman–Crippen MR) is 93.1 cm³/mol. The van der Waals surface area contributed by atoms with Crippen molar-refractivity contribution in [3.63, 3.8) is 0 Å². The molecule has 1 aromatic carbocycles. The van der Waals surface area contributed by atoms with E-state index in [1.807, 2.05) is 42.8 Å². The maximum Gasteiger partial charge on any atom is 0.244 e. The van der Waals surface area contributed by atoms with E-state index >= 15 is 0 Å². The highest BCUT2D eigenvalue weighted by atomic mass is 35.5. The lowest BCUT2D eigenvalue weighted by atomic mass is 10.1. The molecule has 1 aromatic heterocycles. The first-order chi connectivity index (χ1) is 11.0. The molecule has 0 bridgehead atoms. The number of benzene rings is 1. The van der Waals surface area contributed by atoms with E-state index in [1.165, 1.54) is 6.08 Å². The van der Waals surface area contributed by atoms with Gasteiger partial charge in [-0.3, -0.25) is 9.48 Å². The highest BCUT2D eigenvalue weighted by Crippen LogP contribution is 2.20. The van der Waals surface area contributed by atoms with Crippen molar-refractivity contribution >= 4 is 23.6 Å². The van der Waals surface area contributed by atoms with E-state index in [1.54, 1.807) is 6.08 Å². The molecule has 0 radical (unpaired) electrons. The molecule has 0 saturated heterocycles. The first kappa shape index (κ1) is 16.9. The van der Waals surface area contributed by atoms with Crippen molar-refractivity contribution in [2.24, 2.45) is 0 Å². The second kappa shape index (κ2) is 7.66. The SMILES string of the molecule is C#CCNC(=O)/C=C/c1c(C)nn(Cc2ccccc2Cl)c1C. The molecule has 23 heavy (non-hydrogen) atoms. The molecule has 2 rings (SSSR count). The molecule has 0 spiro atoms. The predicted octanol–water partition coefficient (Wildman–Crippen LogP) is 2.96. The Bertz CT molecular complexity index is 784. The summed E-state index contributed by atoms with van der Waals surface area (Å²) >= 11 is 6.20. The van der Waals surface area contributed by atoms with Crippen molar-refractivity contribution in [2.45, 2.75) is 20.4 Å². The number of rotatable bonds is 5. The van der Waals surface area contributed by atoms with Gasteiger partial charge in [-0.15, -0.1) is 6.42 Å². The van der Waals surface area contributed by atoms with Crippen LogP contribution in [0.15, 0.2) is 30.3 Å². The maximum absolute atomic E-state index is 11.6. The van der Waals surface area contributed by atoms with Gasteiger partial charge in [0.25, 0.3) is 0 Å². The molecule has 1 amide bonds. The van der Waals surface area contributed by atoms with Gasteiger partial charge in [-0.2, -0.15) is 5.10 Å². The van der Waals surface area contributed by atoms with Crippen LogP contribution in [-0.4, -0.2) is 22.2 Å². The third-order valence-corrected chi connectivity index (χ3v) is 3.85. The van der Waals surface area contributed by atoms with Crippen molar-refractivity contribution in [1.29, 1.82) is 0 Å². The Labute approximate surface area is 141 Å². The second-order valence-electron chi connectivity index (χ2n) is 5.09. The monoisotopic (exact) mass is 327 g/mol. The highest BCUT2D eigenvalue weighted by molar-refractivity contribution is 6.31. The lowest BCUT2D eigenvalue weighted by Gasteiger charge is -2.06. The molecular weight excluding hydrogens is 310 g/mol. The molecule has 1 N–H and O–H groups in total. The number of terminal acetylenes is 1. The number of carbonyl (C=O) groups is 1. The first-order valence-corrected chi connectivity index (χ1v) is 7.57. The van der Waals surface area contributed by atoms with Crippen LogP contribution in [-0.2, 0) is 11.3 Å². The van der Waals surface area contributed by atoms with Gasteiger partial charge in [-0.05, 0) is 31.6 Å². The number of aromatic nitrogens is 2. The van der Waals surface area contributed by atoms with E-state index in [2.05, 4.69) is 16.3 Å². The topological polar surface area (TPSA) is 46.9 Å². The van der Waals surface area contributed by atoms with Gasteiger partial charge in [0, 0.05) is 22.4 Å². The molecule has 0 aliphatic rings. The van der Waals surface area contributed by atoms with E-state index in [9.17, 15) is 4.79 Å². The summed E-state index contributed by atoms with van der Waals surface area (Å²) in [6, 6.07) is 7.68. The number of hydrogen-bond donors (Lipinski definition) is 1. The zero-order chi connectivity index (χ0) is 16.8. The Hall–Kier alpha value is -2.51. The number of aryl methyl sites for hydroxylation is 1. The summed E-state index contributed by atoms with van der Waals surface area (Å²) in [4.78, 5) is 11.6. The molecule has 0 saturated carbocycles. The van der Waals surface area contributed by atoms with E-state index in [0.29, 0.717) is 11.6 Å². The van der Waals surface area contributed by atoms with Crippen molar-refractivity contribution < 1.29 is 4.79 Å². The molecule has 0 unspecified atom stereocenters. The van der Waals surface area contributed by atoms with Crippen molar-refractivity contribution in [3.05, 3.63) is 57.9 Å². The highest BCUT2D eigenvalue weighted by Gasteiger charge is 2.11. The number of halogens is 1. The van der Waals surface area contributed by atoms with Gasteiger partial charge in [0.15, 0.2) is 0 Å². The first-order valence-electron chi connectivity index (χ1n) is 7.19. The van der Waals surface area contributed by atoms with Crippen LogP contribution in [0.5, 0.6) is 0 Å². The van der Waals surface area contributed by atoms with Crippen molar-refractivity contribution in [2.75, 3.05) is 6.54 Å². The van der Waals surface area contributed by atoms with Crippen molar-refractivity contribution in [3.8, 4) is 12.3 Å². The normalized spacial score (nSPS) is 10.7. The van der Waals surface area contributed by atoms with Gasteiger partial charge < -0.3 is 5.32 Å².